The summed E-state index contributed by atoms with van der Waals surface area (Å²) in [6, 6.07) is 16.1. The van der Waals surface area contributed by atoms with E-state index >= 15 is 0 Å². The summed E-state index contributed by atoms with van der Waals surface area (Å²) in [7, 11) is 1.35. The number of anilines is 1. The van der Waals surface area contributed by atoms with Crippen LogP contribution in [-0.4, -0.2) is 18.1 Å². The van der Waals surface area contributed by atoms with Gasteiger partial charge in [-0.25, -0.2) is 9.78 Å². The van der Waals surface area contributed by atoms with Gasteiger partial charge in [-0.05, 0) is 38.5 Å². The second kappa shape index (κ2) is 8.12. The molecule has 2 heterocycles. The second-order valence-corrected chi connectivity index (χ2v) is 8.01. The lowest BCUT2D eigenvalue weighted by molar-refractivity contribution is 0.0605. The fourth-order valence-corrected chi connectivity index (χ4v) is 3.89. The lowest BCUT2D eigenvalue weighted by atomic mass is 10.1. The lowest BCUT2D eigenvalue weighted by Crippen LogP contribution is -2.07. The Bertz CT molecular complexity index is 1300. The molecular weight excluding hydrogens is 398 g/mol. The van der Waals surface area contributed by atoms with Gasteiger partial charge in [0.05, 0.1) is 18.2 Å². The summed E-state index contributed by atoms with van der Waals surface area (Å²) in [4.78, 5) is 16.7. The molecule has 0 saturated heterocycles. The average molecular weight is 420 g/mol. The second-order valence-electron chi connectivity index (χ2n) is 7.01. The zero-order chi connectivity index (χ0) is 21.3. The molecule has 0 amide bonds. The topological polar surface area (TPSA) is 76.7 Å². The van der Waals surface area contributed by atoms with Crippen LogP contribution in [0.3, 0.4) is 0 Å². The Morgan fingerprint density at radius 2 is 1.80 bits per heavy atom. The van der Waals surface area contributed by atoms with Gasteiger partial charge < -0.3 is 9.15 Å². The van der Waals surface area contributed by atoms with E-state index in [2.05, 4.69) is 15.5 Å². The van der Waals surface area contributed by atoms with Crippen LogP contribution < -0.4 is 10.8 Å². The molecule has 0 radical (unpaired) electrons. The van der Waals surface area contributed by atoms with Crippen molar-refractivity contribution in [1.29, 1.82) is 0 Å². The number of rotatable bonds is 4. The molecule has 0 aliphatic rings. The van der Waals surface area contributed by atoms with Gasteiger partial charge in [-0.3, -0.25) is 5.43 Å². The van der Waals surface area contributed by atoms with Crippen molar-refractivity contribution >= 4 is 33.4 Å². The SMILES string of the molecule is COC(=O)c1sc(NN=c2cc(-c3ccc(C)cc3)oc3cc(C)ccc23)nc1C. The van der Waals surface area contributed by atoms with Crippen molar-refractivity contribution in [3.05, 3.63) is 75.6 Å². The van der Waals surface area contributed by atoms with E-state index in [0.717, 1.165) is 33.2 Å². The molecule has 4 rings (SSSR count). The van der Waals surface area contributed by atoms with E-state index in [9.17, 15) is 4.79 Å². The fourth-order valence-electron chi connectivity index (χ4n) is 3.06. The molecule has 1 N–H and O–H groups in total. The molecule has 0 aliphatic heterocycles. The van der Waals surface area contributed by atoms with Gasteiger partial charge in [0, 0.05) is 17.0 Å². The Labute approximate surface area is 177 Å². The molecule has 0 spiro atoms. The number of hydrogen-bond acceptors (Lipinski definition) is 7. The molecule has 152 valence electrons. The molecule has 2 aromatic heterocycles. The normalized spacial score (nSPS) is 11.7. The largest absolute Gasteiger partial charge is 0.465 e. The predicted molar refractivity (Wildman–Crippen MR) is 119 cm³/mol. The maximum Gasteiger partial charge on any atom is 0.350 e. The van der Waals surface area contributed by atoms with Crippen molar-refractivity contribution in [3.63, 3.8) is 0 Å². The van der Waals surface area contributed by atoms with E-state index < -0.39 is 5.97 Å². The average Bonchev–Trinajstić information content (AvgIpc) is 3.12. The van der Waals surface area contributed by atoms with Crippen LogP contribution in [0.25, 0.3) is 22.3 Å². The first-order valence-corrected chi connectivity index (χ1v) is 10.2. The molecule has 0 atom stereocenters. The van der Waals surface area contributed by atoms with Gasteiger partial charge in [-0.15, -0.1) is 0 Å². The van der Waals surface area contributed by atoms with Crippen molar-refractivity contribution in [2.24, 2.45) is 5.10 Å². The summed E-state index contributed by atoms with van der Waals surface area (Å²) in [5, 5.41) is 6.68. The zero-order valence-corrected chi connectivity index (χ0v) is 18.0. The van der Waals surface area contributed by atoms with Gasteiger partial charge in [-0.2, -0.15) is 5.10 Å². The summed E-state index contributed by atoms with van der Waals surface area (Å²) in [5.74, 6) is 0.318. The van der Waals surface area contributed by atoms with Gasteiger partial charge in [0.25, 0.3) is 0 Å². The van der Waals surface area contributed by atoms with Crippen LogP contribution in [0.15, 0.2) is 58.0 Å². The quantitative estimate of drug-likeness (QED) is 0.364. The number of fused-ring (bicyclic) bond motifs is 1. The number of esters is 1. The van der Waals surface area contributed by atoms with Crippen LogP contribution in [-0.2, 0) is 4.74 Å². The van der Waals surface area contributed by atoms with Gasteiger partial charge in [0.2, 0.25) is 5.13 Å². The van der Waals surface area contributed by atoms with Gasteiger partial charge >= 0.3 is 5.97 Å². The van der Waals surface area contributed by atoms with Crippen molar-refractivity contribution in [2.75, 3.05) is 12.5 Å². The molecular formula is C23H21N3O3S. The highest BCUT2D eigenvalue weighted by Gasteiger charge is 2.15. The number of aromatic nitrogens is 1. The van der Waals surface area contributed by atoms with Crippen LogP contribution in [0, 0.1) is 20.8 Å². The highest BCUT2D eigenvalue weighted by molar-refractivity contribution is 7.17. The summed E-state index contributed by atoms with van der Waals surface area (Å²) < 4.78 is 11.0. The first-order chi connectivity index (χ1) is 14.4. The van der Waals surface area contributed by atoms with Crippen molar-refractivity contribution < 1.29 is 13.9 Å². The number of aryl methyl sites for hydroxylation is 3. The number of nitrogens with zero attached hydrogens (tertiary/aromatic N) is 2. The van der Waals surface area contributed by atoms with Crippen LogP contribution in [0.5, 0.6) is 0 Å². The number of benzene rings is 2. The standard InChI is InChI=1S/C23H21N3O3S/c1-13-5-8-16(9-6-13)19-12-18(17-10-7-14(2)11-20(17)29-19)25-26-23-24-15(3)21(30-23)22(27)28-4/h5-12H,1-4H3,(H,24,26). The number of ether oxygens (including phenoxy) is 1. The Hall–Kier alpha value is -3.45. The van der Waals surface area contributed by atoms with Crippen molar-refractivity contribution in [2.45, 2.75) is 20.8 Å². The molecule has 4 aromatic rings. The lowest BCUT2D eigenvalue weighted by Gasteiger charge is -2.06. The number of nitrogens with one attached hydrogen (secondary N) is 1. The van der Waals surface area contributed by atoms with E-state index in [1.165, 1.54) is 24.0 Å². The first kappa shape index (κ1) is 19.8. The number of carbonyl (C=O) groups is 1. The molecule has 0 aliphatic carbocycles. The third-order valence-electron chi connectivity index (χ3n) is 4.68. The van der Waals surface area contributed by atoms with Crippen LogP contribution in [0.1, 0.15) is 26.5 Å². The summed E-state index contributed by atoms with van der Waals surface area (Å²) in [6.45, 7) is 5.84. The molecule has 30 heavy (non-hydrogen) atoms. The maximum atomic E-state index is 11.8. The minimum atomic E-state index is -0.404. The highest BCUT2D eigenvalue weighted by atomic mass is 32.1. The Balaban J connectivity index is 1.81. The predicted octanol–water partition coefficient (Wildman–Crippen LogP) is 5.20. The van der Waals surface area contributed by atoms with E-state index in [-0.39, 0.29) is 0 Å². The van der Waals surface area contributed by atoms with Crippen LogP contribution in [0.4, 0.5) is 5.13 Å². The van der Waals surface area contributed by atoms with E-state index in [1.807, 2.05) is 62.4 Å². The van der Waals surface area contributed by atoms with E-state index in [4.69, 9.17) is 9.15 Å². The van der Waals surface area contributed by atoms with Crippen molar-refractivity contribution in [3.8, 4) is 11.3 Å². The summed E-state index contributed by atoms with van der Waals surface area (Å²) in [6.07, 6.45) is 0. The van der Waals surface area contributed by atoms with Crippen LogP contribution in [0.2, 0.25) is 0 Å². The number of methoxy groups -OCH3 is 1. The minimum absolute atomic E-state index is 0.404. The smallest absolute Gasteiger partial charge is 0.350 e. The minimum Gasteiger partial charge on any atom is -0.465 e. The summed E-state index contributed by atoms with van der Waals surface area (Å²) >= 11 is 1.21. The van der Waals surface area contributed by atoms with E-state index in [0.29, 0.717) is 15.7 Å². The van der Waals surface area contributed by atoms with Gasteiger partial charge in [-0.1, -0.05) is 47.2 Å². The first-order valence-electron chi connectivity index (χ1n) is 9.41. The molecule has 0 fully saturated rings. The number of thiazole rings is 1. The monoisotopic (exact) mass is 419 g/mol. The Morgan fingerprint density at radius 3 is 2.53 bits per heavy atom. The fraction of sp³-hybridized carbons (Fsp3) is 0.174. The molecule has 0 bridgehead atoms. The molecule has 0 saturated carbocycles. The number of hydrogen-bond donors (Lipinski definition) is 1. The van der Waals surface area contributed by atoms with Crippen molar-refractivity contribution in [1.82, 2.24) is 4.98 Å². The van der Waals surface area contributed by atoms with Gasteiger partial charge in [0.15, 0.2) is 0 Å². The Kier molecular flexibility index (Phi) is 5.37. The zero-order valence-electron chi connectivity index (χ0n) is 17.1. The maximum absolute atomic E-state index is 11.8. The molecule has 0 unspecified atom stereocenters. The van der Waals surface area contributed by atoms with E-state index in [1.54, 1.807) is 6.92 Å². The number of carbonyl (C=O) groups excluding carboxylic acids is 1. The Morgan fingerprint density at radius 1 is 1.07 bits per heavy atom. The third-order valence-corrected chi connectivity index (χ3v) is 5.72. The molecule has 2 aromatic carbocycles. The molecule has 7 heteroatoms. The van der Waals surface area contributed by atoms with Crippen LogP contribution >= 0.6 is 11.3 Å². The van der Waals surface area contributed by atoms with Gasteiger partial charge in [0.1, 0.15) is 16.2 Å². The summed E-state index contributed by atoms with van der Waals surface area (Å²) in [5.41, 5.74) is 7.59. The highest BCUT2D eigenvalue weighted by Crippen LogP contribution is 2.25. The molecule has 6 nitrogen and oxygen atoms in total. The third kappa shape index (κ3) is 3.97.